The number of carbonyl (C=O) groups is 1. The highest BCUT2D eigenvalue weighted by Crippen LogP contribution is 2.24. The zero-order valence-corrected chi connectivity index (χ0v) is 18.9. The van der Waals surface area contributed by atoms with E-state index in [0.717, 1.165) is 30.5 Å². The first-order valence-electron chi connectivity index (χ1n) is 11.1. The van der Waals surface area contributed by atoms with Gasteiger partial charge in [0, 0.05) is 51.4 Å². The topological polar surface area (TPSA) is 60.9 Å². The maximum absolute atomic E-state index is 12.8. The van der Waals surface area contributed by atoms with Crippen molar-refractivity contribution in [3.8, 4) is 0 Å². The molecule has 1 heterocycles. The summed E-state index contributed by atoms with van der Waals surface area (Å²) < 4.78 is 27.1. The molecule has 31 heavy (non-hydrogen) atoms. The summed E-state index contributed by atoms with van der Waals surface area (Å²) in [4.78, 5) is 17.2. The van der Waals surface area contributed by atoms with Crippen LogP contribution in [0.4, 0.5) is 0 Å². The lowest BCUT2D eigenvalue weighted by Crippen LogP contribution is -2.48. The number of hydrogen-bond donors (Lipinski definition) is 0. The maximum Gasteiger partial charge on any atom is 0.253 e. The van der Waals surface area contributed by atoms with Crippen LogP contribution in [-0.2, 0) is 16.6 Å². The first-order chi connectivity index (χ1) is 14.9. The quantitative estimate of drug-likeness (QED) is 0.691. The van der Waals surface area contributed by atoms with Crippen LogP contribution >= 0.6 is 0 Å². The Hall–Kier alpha value is -2.22. The molecule has 4 rings (SSSR count). The van der Waals surface area contributed by atoms with Gasteiger partial charge in [0.2, 0.25) is 10.0 Å². The first-order valence-corrected chi connectivity index (χ1v) is 12.5. The van der Waals surface area contributed by atoms with Crippen LogP contribution in [0.1, 0.15) is 41.6 Å². The van der Waals surface area contributed by atoms with Crippen molar-refractivity contribution in [3.63, 3.8) is 0 Å². The standard InChI is InChI=1S/C24H31N3O3S/c1-25(22-7-5-6-8-22)24(28)21-13-11-20(12-14-21)19-26-15-17-27(18-16-26)31(29,30)23-9-3-2-4-10-23/h2-4,9-14,22H,5-8,15-19H2,1H3. The fraction of sp³-hybridized carbons (Fsp3) is 0.458. The fourth-order valence-corrected chi connectivity index (χ4v) is 5.98. The second-order valence-corrected chi connectivity index (χ2v) is 10.5. The molecular formula is C24H31N3O3S. The fourth-order valence-electron chi connectivity index (χ4n) is 4.54. The Labute approximate surface area is 185 Å². The molecule has 0 spiro atoms. The normalized spacial score (nSPS) is 18.9. The van der Waals surface area contributed by atoms with Crippen molar-refractivity contribution in [2.24, 2.45) is 0 Å². The smallest absolute Gasteiger partial charge is 0.253 e. The molecule has 0 atom stereocenters. The lowest BCUT2D eigenvalue weighted by molar-refractivity contribution is 0.0735. The third-order valence-electron chi connectivity index (χ3n) is 6.51. The van der Waals surface area contributed by atoms with Crippen molar-refractivity contribution >= 4 is 15.9 Å². The van der Waals surface area contributed by atoms with E-state index in [-0.39, 0.29) is 5.91 Å². The molecule has 2 aliphatic rings. The zero-order valence-electron chi connectivity index (χ0n) is 18.1. The van der Waals surface area contributed by atoms with Crippen molar-refractivity contribution < 1.29 is 13.2 Å². The van der Waals surface area contributed by atoms with Crippen LogP contribution in [-0.4, -0.2) is 67.7 Å². The minimum Gasteiger partial charge on any atom is -0.339 e. The first kappa shape index (κ1) is 22.0. The molecule has 6 nitrogen and oxygen atoms in total. The average Bonchev–Trinajstić information content (AvgIpc) is 3.35. The van der Waals surface area contributed by atoms with Gasteiger partial charge in [-0.2, -0.15) is 4.31 Å². The van der Waals surface area contributed by atoms with E-state index in [4.69, 9.17) is 0 Å². The van der Waals surface area contributed by atoms with Crippen LogP contribution in [0.3, 0.4) is 0 Å². The van der Waals surface area contributed by atoms with E-state index in [1.807, 2.05) is 42.3 Å². The molecule has 7 heteroatoms. The van der Waals surface area contributed by atoms with Gasteiger partial charge in [0.05, 0.1) is 4.90 Å². The Balaban J connectivity index is 1.31. The summed E-state index contributed by atoms with van der Waals surface area (Å²) in [5.41, 5.74) is 1.87. The number of amides is 1. The molecule has 0 bridgehead atoms. The van der Waals surface area contributed by atoms with Gasteiger partial charge in [-0.15, -0.1) is 0 Å². The van der Waals surface area contributed by atoms with Crippen LogP contribution in [0.25, 0.3) is 0 Å². The second-order valence-electron chi connectivity index (χ2n) is 8.54. The summed E-state index contributed by atoms with van der Waals surface area (Å²) in [7, 11) is -1.51. The van der Waals surface area contributed by atoms with E-state index in [9.17, 15) is 13.2 Å². The molecule has 166 valence electrons. The SMILES string of the molecule is CN(C(=O)c1ccc(CN2CCN(S(=O)(=O)c3ccccc3)CC2)cc1)C1CCCC1. The Bertz CT molecular complexity index is 978. The number of hydrogen-bond acceptors (Lipinski definition) is 4. The van der Waals surface area contributed by atoms with Gasteiger partial charge in [-0.3, -0.25) is 9.69 Å². The predicted molar refractivity (Wildman–Crippen MR) is 121 cm³/mol. The van der Waals surface area contributed by atoms with E-state index < -0.39 is 10.0 Å². The van der Waals surface area contributed by atoms with Crippen LogP contribution in [0.15, 0.2) is 59.5 Å². The molecule has 2 aromatic carbocycles. The molecule has 0 radical (unpaired) electrons. The Morgan fingerprint density at radius 2 is 1.55 bits per heavy atom. The highest BCUT2D eigenvalue weighted by molar-refractivity contribution is 7.89. The van der Waals surface area contributed by atoms with Gasteiger partial charge >= 0.3 is 0 Å². The molecule has 1 aliphatic carbocycles. The Kier molecular flexibility index (Phi) is 6.74. The van der Waals surface area contributed by atoms with Gasteiger partial charge in [-0.1, -0.05) is 43.2 Å². The lowest BCUT2D eigenvalue weighted by atomic mass is 10.1. The average molecular weight is 442 g/mol. The summed E-state index contributed by atoms with van der Waals surface area (Å²) in [6.07, 6.45) is 4.63. The van der Waals surface area contributed by atoms with Crippen molar-refractivity contribution in [1.29, 1.82) is 0 Å². The van der Waals surface area contributed by atoms with E-state index >= 15 is 0 Å². The van der Waals surface area contributed by atoms with Crippen LogP contribution in [0.5, 0.6) is 0 Å². The minimum absolute atomic E-state index is 0.0955. The predicted octanol–water partition coefficient (Wildman–Crippen LogP) is 3.21. The minimum atomic E-state index is -3.42. The highest BCUT2D eigenvalue weighted by Gasteiger charge is 2.28. The lowest BCUT2D eigenvalue weighted by Gasteiger charge is -2.34. The highest BCUT2D eigenvalue weighted by atomic mass is 32.2. The molecule has 0 N–H and O–H groups in total. The summed E-state index contributed by atoms with van der Waals surface area (Å²) >= 11 is 0. The van der Waals surface area contributed by atoms with Gasteiger partial charge in [-0.25, -0.2) is 8.42 Å². The van der Waals surface area contributed by atoms with Gasteiger partial charge in [0.25, 0.3) is 5.91 Å². The molecule has 0 unspecified atom stereocenters. The van der Waals surface area contributed by atoms with E-state index in [0.29, 0.717) is 37.1 Å². The monoisotopic (exact) mass is 441 g/mol. The summed E-state index contributed by atoms with van der Waals surface area (Å²) in [6.45, 7) is 3.11. The van der Waals surface area contributed by atoms with Crippen molar-refractivity contribution in [1.82, 2.24) is 14.1 Å². The molecule has 1 saturated carbocycles. The Morgan fingerprint density at radius 3 is 2.16 bits per heavy atom. The van der Waals surface area contributed by atoms with Gasteiger partial charge in [-0.05, 0) is 42.7 Å². The summed E-state index contributed by atoms with van der Waals surface area (Å²) in [5, 5.41) is 0. The number of sulfonamides is 1. The third kappa shape index (κ3) is 5.00. The molecule has 2 aromatic rings. The van der Waals surface area contributed by atoms with Crippen molar-refractivity contribution in [3.05, 3.63) is 65.7 Å². The van der Waals surface area contributed by atoms with Crippen LogP contribution in [0, 0.1) is 0 Å². The number of benzene rings is 2. The number of nitrogens with zero attached hydrogens (tertiary/aromatic N) is 3. The van der Waals surface area contributed by atoms with Crippen molar-refractivity contribution in [2.45, 2.75) is 43.2 Å². The zero-order chi connectivity index (χ0) is 21.8. The molecule has 1 aliphatic heterocycles. The molecular weight excluding hydrogens is 410 g/mol. The molecule has 0 aromatic heterocycles. The van der Waals surface area contributed by atoms with Crippen LogP contribution < -0.4 is 0 Å². The largest absolute Gasteiger partial charge is 0.339 e. The van der Waals surface area contributed by atoms with Gasteiger partial charge in [0.1, 0.15) is 0 Å². The van der Waals surface area contributed by atoms with Crippen molar-refractivity contribution in [2.75, 3.05) is 33.2 Å². The summed E-state index contributed by atoms with van der Waals surface area (Å²) in [6, 6.07) is 16.9. The summed E-state index contributed by atoms with van der Waals surface area (Å²) in [5.74, 6) is 0.0955. The maximum atomic E-state index is 12.8. The van der Waals surface area contributed by atoms with E-state index in [1.54, 1.807) is 28.6 Å². The molecule has 1 amide bonds. The number of piperazine rings is 1. The molecule has 2 fully saturated rings. The second kappa shape index (κ2) is 9.51. The van der Waals surface area contributed by atoms with E-state index in [2.05, 4.69) is 4.90 Å². The third-order valence-corrected chi connectivity index (χ3v) is 8.42. The van der Waals surface area contributed by atoms with Gasteiger partial charge < -0.3 is 4.90 Å². The Morgan fingerprint density at radius 1 is 0.935 bits per heavy atom. The number of carbonyl (C=O) groups excluding carboxylic acids is 1. The molecule has 1 saturated heterocycles. The van der Waals surface area contributed by atoms with Gasteiger partial charge in [0.15, 0.2) is 0 Å². The van der Waals surface area contributed by atoms with Crippen LogP contribution in [0.2, 0.25) is 0 Å². The van der Waals surface area contributed by atoms with E-state index in [1.165, 1.54) is 12.8 Å². The number of rotatable bonds is 6.